The summed E-state index contributed by atoms with van der Waals surface area (Å²) in [5.74, 6) is 0.840. The molecule has 2 aliphatic rings. The maximum atomic E-state index is 4.45. The Morgan fingerprint density at radius 3 is 2.56 bits per heavy atom. The van der Waals surface area contributed by atoms with Crippen LogP contribution in [0.1, 0.15) is 69.9 Å². The van der Waals surface area contributed by atoms with Gasteiger partial charge in [-0.2, -0.15) is 0 Å². The van der Waals surface area contributed by atoms with Gasteiger partial charge >= 0.3 is 0 Å². The van der Waals surface area contributed by atoms with Crippen molar-refractivity contribution in [3.8, 4) is 0 Å². The Morgan fingerprint density at radius 1 is 1.12 bits per heavy atom. The molecular formula is C25H32. The zero-order chi connectivity index (χ0) is 17.8. The SMILES string of the molecule is C=C(CC/C=C\CC)C1=C(C)C(c2ccccc2C)=C(C2CC2)CC1. The second-order valence-corrected chi connectivity index (χ2v) is 7.61. The molecule has 0 amide bonds. The quantitative estimate of drug-likeness (QED) is 0.452. The summed E-state index contributed by atoms with van der Waals surface area (Å²) in [6.07, 6.45) is 13.1. The van der Waals surface area contributed by atoms with Crippen LogP contribution in [0.25, 0.3) is 5.57 Å². The summed E-state index contributed by atoms with van der Waals surface area (Å²) in [7, 11) is 0. The molecule has 0 unspecified atom stereocenters. The summed E-state index contributed by atoms with van der Waals surface area (Å²) >= 11 is 0. The molecule has 0 N–H and O–H groups in total. The number of rotatable bonds is 7. The number of aryl methyl sites for hydroxylation is 1. The lowest BCUT2D eigenvalue weighted by Crippen LogP contribution is -2.08. The molecule has 1 saturated carbocycles. The number of allylic oxidation sites excluding steroid dienone is 7. The fourth-order valence-corrected chi connectivity index (χ4v) is 4.17. The third-order valence-electron chi connectivity index (χ3n) is 5.72. The predicted octanol–water partition coefficient (Wildman–Crippen LogP) is 7.57. The van der Waals surface area contributed by atoms with Gasteiger partial charge in [0, 0.05) is 0 Å². The average molecular weight is 333 g/mol. The zero-order valence-corrected chi connectivity index (χ0v) is 16.2. The lowest BCUT2D eigenvalue weighted by Gasteiger charge is -2.27. The topological polar surface area (TPSA) is 0 Å². The van der Waals surface area contributed by atoms with Crippen LogP contribution in [0, 0.1) is 12.8 Å². The van der Waals surface area contributed by atoms with Crippen LogP contribution >= 0.6 is 0 Å². The van der Waals surface area contributed by atoms with Gasteiger partial charge in [-0.1, -0.05) is 61.1 Å². The highest BCUT2D eigenvalue weighted by atomic mass is 14.4. The van der Waals surface area contributed by atoms with Crippen molar-refractivity contribution in [3.05, 3.63) is 76.4 Å². The summed E-state index contributed by atoms with van der Waals surface area (Å²) in [5, 5.41) is 0. The molecule has 132 valence electrons. The smallest absolute Gasteiger partial charge is 0.0152 e. The lowest BCUT2D eigenvalue weighted by atomic mass is 9.77. The highest BCUT2D eigenvalue weighted by Gasteiger charge is 2.32. The van der Waals surface area contributed by atoms with E-state index in [0.717, 1.165) is 25.2 Å². The Kier molecular flexibility index (Phi) is 5.78. The van der Waals surface area contributed by atoms with Gasteiger partial charge in [-0.15, -0.1) is 0 Å². The molecule has 0 aromatic heterocycles. The molecule has 25 heavy (non-hydrogen) atoms. The molecule has 0 atom stereocenters. The Bertz CT molecular complexity index is 735. The van der Waals surface area contributed by atoms with Crippen molar-refractivity contribution in [1.82, 2.24) is 0 Å². The molecule has 0 radical (unpaired) electrons. The Balaban J connectivity index is 1.94. The van der Waals surface area contributed by atoms with Crippen LogP contribution in [0.15, 0.2) is 65.3 Å². The van der Waals surface area contributed by atoms with Gasteiger partial charge in [0.1, 0.15) is 0 Å². The lowest BCUT2D eigenvalue weighted by molar-refractivity contribution is 0.808. The maximum absolute atomic E-state index is 4.45. The van der Waals surface area contributed by atoms with Crippen molar-refractivity contribution in [3.63, 3.8) is 0 Å². The van der Waals surface area contributed by atoms with Crippen LogP contribution in [0.3, 0.4) is 0 Å². The molecule has 0 saturated heterocycles. The van der Waals surface area contributed by atoms with Gasteiger partial charge in [0.25, 0.3) is 0 Å². The molecule has 0 heteroatoms. The highest BCUT2D eigenvalue weighted by Crippen LogP contribution is 2.49. The Hall–Kier alpha value is -1.82. The minimum Gasteiger partial charge on any atom is -0.0955 e. The molecule has 1 aromatic carbocycles. The van der Waals surface area contributed by atoms with Crippen molar-refractivity contribution >= 4 is 5.57 Å². The van der Waals surface area contributed by atoms with Gasteiger partial charge < -0.3 is 0 Å². The second-order valence-electron chi connectivity index (χ2n) is 7.61. The third-order valence-corrected chi connectivity index (χ3v) is 5.72. The van der Waals surface area contributed by atoms with Gasteiger partial charge in [-0.3, -0.25) is 0 Å². The van der Waals surface area contributed by atoms with Gasteiger partial charge in [-0.25, -0.2) is 0 Å². The third kappa shape index (κ3) is 4.06. The minimum absolute atomic E-state index is 0.840. The van der Waals surface area contributed by atoms with E-state index in [-0.39, 0.29) is 0 Å². The van der Waals surface area contributed by atoms with Crippen LogP contribution < -0.4 is 0 Å². The molecule has 0 nitrogen and oxygen atoms in total. The van der Waals surface area contributed by atoms with E-state index in [2.05, 4.69) is 63.8 Å². The Labute approximate surface area is 154 Å². The second kappa shape index (κ2) is 8.04. The predicted molar refractivity (Wildman–Crippen MR) is 111 cm³/mol. The molecule has 2 aliphatic carbocycles. The maximum Gasteiger partial charge on any atom is -0.0152 e. The van der Waals surface area contributed by atoms with Gasteiger partial charge in [-0.05, 0) is 92.6 Å². The number of hydrogen-bond acceptors (Lipinski definition) is 0. The average Bonchev–Trinajstić information content (AvgIpc) is 3.44. The van der Waals surface area contributed by atoms with Crippen molar-refractivity contribution < 1.29 is 0 Å². The van der Waals surface area contributed by atoms with Crippen molar-refractivity contribution in [2.24, 2.45) is 5.92 Å². The fraction of sp³-hybridized carbons (Fsp3) is 0.440. The van der Waals surface area contributed by atoms with E-state index in [0.29, 0.717) is 0 Å². The van der Waals surface area contributed by atoms with Gasteiger partial charge in [0.05, 0.1) is 0 Å². The van der Waals surface area contributed by atoms with E-state index in [9.17, 15) is 0 Å². The first-order chi connectivity index (χ1) is 12.1. The van der Waals surface area contributed by atoms with E-state index in [1.54, 1.807) is 11.1 Å². The molecule has 0 bridgehead atoms. The highest BCUT2D eigenvalue weighted by molar-refractivity contribution is 5.85. The van der Waals surface area contributed by atoms with Gasteiger partial charge in [0.2, 0.25) is 0 Å². The van der Waals surface area contributed by atoms with Crippen LogP contribution in [-0.4, -0.2) is 0 Å². The van der Waals surface area contributed by atoms with Crippen molar-refractivity contribution in [2.45, 2.75) is 65.7 Å². The van der Waals surface area contributed by atoms with Crippen LogP contribution in [0.4, 0.5) is 0 Å². The van der Waals surface area contributed by atoms with Crippen LogP contribution in [0.5, 0.6) is 0 Å². The standard InChI is InChI=1S/C25H32/c1-5-6-7-8-11-18(2)22-16-17-24(21-14-15-21)25(20(22)4)23-13-10-9-12-19(23)3/h6-7,9-10,12-13,21H,2,5,8,11,14-17H2,1,3-4H3/b7-6-. The molecular weight excluding hydrogens is 300 g/mol. The largest absolute Gasteiger partial charge is 0.0955 e. The minimum atomic E-state index is 0.840. The summed E-state index contributed by atoms with van der Waals surface area (Å²) in [4.78, 5) is 0. The first-order valence-electron chi connectivity index (χ1n) is 9.95. The van der Waals surface area contributed by atoms with E-state index < -0.39 is 0 Å². The van der Waals surface area contributed by atoms with E-state index in [4.69, 9.17) is 0 Å². The van der Waals surface area contributed by atoms with Crippen LogP contribution in [-0.2, 0) is 0 Å². The fourth-order valence-electron chi connectivity index (χ4n) is 4.17. The molecule has 1 aromatic rings. The van der Waals surface area contributed by atoms with Crippen molar-refractivity contribution in [2.75, 3.05) is 0 Å². The zero-order valence-electron chi connectivity index (χ0n) is 16.2. The molecule has 0 aliphatic heterocycles. The van der Waals surface area contributed by atoms with E-state index in [1.165, 1.54) is 53.5 Å². The number of hydrogen-bond donors (Lipinski definition) is 0. The summed E-state index contributed by atoms with van der Waals surface area (Å²) in [6, 6.07) is 8.90. The number of benzene rings is 1. The van der Waals surface area contributed by atoms with Crippen LogP contribution in [0.2, 0.25) is 0 Å². The Morgan fingerprint density at radius 2 is 1.88 bits per heavy atom. The van der Waals surface area contributed by atoms with Gasteiger partial charge in [0.15, 0.2) is 0 Å². The first kappa shape index (κ1) is 18.0. The molecule has 0 heterocycles. The van der Waals surface area contributed by atoms with Crippen molar-refractivity contribution in [1.29, 1.82) is 0 Å². The molecule has 3 rings (SSSR count). The summed E-state index contributed by atoms with van der Waals surface area (Å²) < 4.78 is 0. The monoisotopic (exact) mass is 332 g/mol. The molecule has 1 fully saturated rings. The first-order valence-corrected chi connectivity index (χ1v) is 9.95. The van der Waals surface area contributed by atoms with E-state index >= 15 is 0 Å². The normalized spacial score (nSPS) is 18.4. The summed E-state index contributed by atoms with van der Waals surface area (Å²) in [5.41, 5.74) is 10.5. The summed E-state index contributed by atoms with van der Waals surface area (Å²) in [6.45, 7) is 11.2. The van der Waals surface area contributed by atoms with E-state index in [1.807, 2.05) is 0 Å². The molecule has 0 spiro atoms.